The molecule has 5 nitrogen and oxygen atoms in total. The summed E-state index contributed by atoms with van der Waals surface area (Å²) in [6.07, 6.45) is 2.01. The highest BCUT2D eigenvalue weighted by Gasteiger charge is 2.09. The summed E-state index contributed by atoms with van der Waals surface area (Å²) in [5, 5.41) is 7.66. The predicted molar refractivity (Wildman–Crippen MR) is 109 cm³/mol. The van der Waals surface area contributed by atoms with Crippen LogP contribution in [0.1, 0.15) is 24.1 Å². The lowest BCUT2D eigenvalue weighted by Crippen LogP contribution is -2.37. The predicted octanol–water partition coefficient (Wildman–Crippen LogP) is 3.99. The van der Waals surface area contributed by atoms with Gasteiger partial charge in [-0.05, 0) is 24.5 Å². The molecule has 0 aliphatic carbocycles. The molecule has 0 amide bonds. The summed E-state index contributed by atoms with van der Waals surface area (Å²) in [6, 6.07) is 12.1. The van der Waals surface area contributed by atoms with Crippen molar-refractivity contribution in [2.45, 2.75) is 26.0 Å². The maximum absolute atomic E-state index is 6.08. The van der Waals surface area contributed by atoms with Crippen LogP contribution in [0.3, 0.4) is 0 Å². The lowest BCUT2D eigenvalue weighted by Gasteiger charge is -2.12. The zero-order valence-electron chi connectivity index (χ0n) is 15.3. The Hall–Kier alpha value is -1.69. The molecule has 0 aliphatic rings. The van der Waals surface area contributed by atoms with Crippen molar-refractivity contribution in [2.75, 3.05) is 20.2 Å². The molecule has 7 heteroatoms. The standard InChI is InChI=1S/C19H26Cl2N4O/c1-22-19(24-13-16-12-17(20)18(21)25(16)2)23-10-6-7-11-26-14-15-8-4-3-5-9-15/h3-5,8-9,12H,6-7,10-11,13-14H2,1-2H3,(H2,22,23,24). The Labute approximate surface area is 165 Å². The highest BCUT2D eigenvalue weighted by Crippen LogP contribution is 2.24. The van der Waals surface area contributed by atoms with Crippen LogP contribution in [-0.2, 0) is 24.9 Å². The van der Waals surface area contributed by atoms with Crippen molar-refractivity contribution < 1.29 is 4.74 Å². The summed E-state index contributed by atoms with van der Waals surface area (Å²) >= 11 is 12.1. The van der Waals surface area contributed by atoms with Gasteiger partial charge in [0, 0.05) is 32.9 Å². The van der Waals surface area contributed by atoms with Gasteiger partial charge < -0.3 is 19.9 Å². The minimum absolute atomic E-state index is 0.543. The molecule has 2 N–H and O–H groups in total. The van der Waals surface area contributed by atoms with E-state index in [9.17, 15) is 0 Å². The molecular weight excluding hydrogens is 371 g/mol. The van der Waals surface area contributed by atoms with E-state index >= 15 is 0 Å². The molecule has 0 bridgehead atoms. The first-order valence-corrected chi connectivity index (χ1v) is 9.43. The highest BCUT2D eigenvalue weighted by atomic mass is 35.5. The molecule has 0 saturated heterocycles. The number of aliphatic imine (C=N–C) groups is 1. The largest absolute Gasteiger partial charge is 0.377 e. The van der Waals surface area contributed by atoms with Gasteiger partial charge in [-0.2, -0.15) is 0 Å². The number of unbranched alkanes of at least 4 members (excludes halogenated alkanes) is 1. The van der Waals surface area contributed by atoms with Gasteiger partial charge in [-0.1, -0.05) is 53.5 Å². The second-order valence-electron chi connectivity index (χ2n) is 5.93. The number of aromatic nitrogens is 1. The number of halogens is 2. The van der Waals surface area contributed by atoms with E-state index in [2.05, 4.69) is 27.8 Å². The van der Waals surface area contributed by atoms with Gasteiger partial charge in [0.2, 0.25) is 0 Å². The summed E-state index contributed by atoms with van der Waals surface area (Å²) < 4.78 is 7.54. The van der Waals surface area contributed by atoms with Gasteiger partial charge in [0.05, 0.1) is 18.2 Å². The first-order chi connectivity index (χ1) is 12.6. The number of hydrogen-bond acceptors (Lipinski definition) is 2. The van der Waals surface area contributed by atoms with E-state index in [1.807, 2.05) is 35.9 Å². The van der Waals surface area contributed by atoms with Crippen molar-refractivity contribution in [1.29, 1.82) is 0 Å². The van der Waals surface area contributed by atoms with Crippen molar-refractivity contribution in [3.63, 3.8) is 0 Å². The molecule has 0 unspecified atom stereocenters. The summed E-state index contributed by atoms with van der Waals surface area (Å²) in [4.78, 5) is 4.22. The molecule has 1 aromatic carbocycles. The SMILES string of the molecule is CN=C(NCCCCOCc1ccccc1)NCc1cc(Cl)c(Cl)n1C. The summed E-state index contributed by atoms with van der Waals surface area (Å²) in [7, 11) is 3.64. The summed E-state index contributed by atoms with van der Waals surface area (Å²) in [6.45, 7) is 2.86. The monoisotopic (exact) mass is 396 g/mol. The summed E-state index contributed by atoms with van der Waals surface area (Å²) in [5.74, 6) is 0.753. The zero-order chi connectivity index (χ0) is 18.8. The molecule has 2 rings (SSSR count). The van der Waals surface area contributed by atoms with Gasteiger partial charge in [0.25, 0.3) is 0 Å². The van der Waals surface area contributed by atoms with Crippen molar-refractivity contribution in [2.24, 2.45) is 12.0 Å². The van der Waals surface area contributed by atoms with Crippen LogP contribution in [0.5, 0.6) is 0 Å². The quantitative estimate of drug-likeness (QED) is 0.382. The van der Waals surface area contributed by atoms with Gasteiger partial charge in [-0.3, -0.25) is 4.99 Å². The number of nitrogens with one attached hydrogen (secondary N) is 2. The van der Waals surface area contributed by atoms with E-state index in [-0.39, 0.29) is 0 Å². The Balaban J connectivity index is 1.58. The molecule has 1 aromatic heterocycles. The Bertz CT molecular complexity index is 701. The average Bonchev–Trinajstić information content (AvgIpc) is 2.91. The molecule has 0 spiro atoms. The molecule has 0 radical (unpaired) electrons. The van der Waals surface area contributed by atoms with Crippen molar-refractivity contribution in [3.05, 3.63) is 57.8 Å². The topological polar surface area (TPSA) is 50.6 Å². The summed E-state index contributed by atoms with van der Waals surface area (Å²) in [5.41, 5.74) is 2.20. The van der Waals surface area contributed by atoms with Crippen LogP contribution in [0.2, 0.25) is 10.2 Å². The molecule has 1 heterocycles. The fraction of sp³-hybridized carbons (Fsp3) is 0.421. The number of ether oxygens (including phenoxy) is 1. The first-order valence-electron chi connectivity index (χ1n) is 8.67. The van der Waals surface area contributed by atoms with E-state index in [0.717, 1.165) is 37.6 Å². The van der Waals surface area contributed by atoms with E-state index in [1.165, 1.54) is 5.56 Å². The van der Waals surface area contributed by atoms with E-state index in [0.29, 0.717) is 23.3 Å². The van der Waals surface area contributed by atoms with Crippen molar-refractivity contribution in [1.82, 2.24) is 15.2 Å². The van der Waals surface area contributed by atoms with E-state index in [1.54, 1.807) is 7.05 Å². The van der Waals surface area contributed by atoms with Crippen LogP contribution in [0.15, 0.2) is 41.4 Å². The first kappa shape index (κ1) is 20.6. The minimum Gasteiger partial charge on any atom is -0.377 e. The Morgan fingerprint density at radius 3 is 2.58 bits per heavy atom. The fourth-order valence-electron chi connectivity index (χ4n) is 2.45. The van der Waals surface area contributed by atoms with Gasteiger partial charge >= 0.3 is 0 Å². The maximum Gasteiger partial charge on any atom is 0.191 e. The van der Waals surface area contributed by atoms with Gasteiger partial charge in [-0.25, -0.2) is 0 Å². The average molecular weight is 397 g/mol. The van der Waals surface area contributed by atoms with E-state index in [4.69, 9.17) is 27.9 Å². The molecular formula is C19H26Cl2N4O. The van der Waals surface area contributed by atoms with Gasteiger partial charge in [0.1, 0.15) is 5.15 Å². The second-order valence-corrected chi connectivity index (χ2v) is 6.70. The molecule has 2 aromatic rings. The van der Waals surface area contributed by atoms with Crippen molar-refractivity contribution in [3.8, 4) is 0 Å². The molecule has 0 saturated carbocycles. The number of guanidine groups is 1. The third-order valence-electron chi connectivity index (χ3n) is 4.00. The third-order valence-corrected chi connectivity index (χ3v) is 4.84. The normalized spacial score (nSPS) is 11.6. The minimum atomic E-state index is 0.543. The Morgan fingerprint density at radius 2 is 1.92 bits per heavy atom. The highest BCUT2D eigenvalue weighted by molar-refractivity contribution is 6.41. The Morgan fingerprint density at radius 1 is 1.15 bits per heavy atom. The number of nitrogens with zero attached hydrogens (tertiary/aromatic N) is 2. The lowest BCUT2D eigenvalue weighted by molar-refractivity contribution is 0.117. The molecule has 0 aliphatic heterocycles. The zero-order valence-corrected chi connectivity index (χ0v) is 16.8. The van der Waals surface area contributed by atoms with Crippen LogP contribution < -0.4 is 10.6 Å². The number of rotatable bonds is 9. The van der Waals surface area contributed by atoms with Crippen LogP contribution >= 0.6 is 23.2 Å². The van der Waals surface area contributed by atoms with E-state index < -0.39 is 0 Å². The van der Waals surface area contributed by atoms with Crippen molar-refractivity contribution >= 4 is 29.2 Å². The van der Waals surface area contributed by atoms with Crippen LogP contribution in [-0.4, -0.2) is 30.7 Å². The number of benzene rings is 1. The molecule has 0 fully saturated rings. The fourth-order valence-corrected chi connectivity index (χ4v) is 2.87. The van der Waals surface area contributed by atoms with Crippen LogP contribution in [0.25, 0.3) is 0 Å². The third kappa shape index (κ3) is 6.56. The Kier molecular flexibility index (Phi) is 8.81. The maximum atomic E-state index is 6.08. The van der Waals surface area contributed by atoms with Gasteiger partial charge in [-0.15, -0.1) is 0 Å². The second kappa shape index (κ2) is 11.1. The smallest absolute Gasteiger partial charge is 0.191 e. The van der Waals surface area contributed by atoms with Crippen LogP contribution in [0, 0.1) is 0 Å². The molecule has 26 heavy (non-hydrogen) atoms. The van der Waals surface area contributed by atoms with Gasteiger partial charge in [0.15, 0.2) is 5.96 Å². The molecule has 0 atom stereocenters. The number of hydrogen-bond donors (Lipinski definition) is 2. The van der Waals surface area contributed by atoms with Crippen LogP contribution in [0.4, 0.5) is 0 Å². The molecule has 142 valence electrons. The lowest BCUT2D eigenvalue weighted by atomic mass is 10.2.